The molecule has 0 aromatic carbocycles. The van der Waals surface area contributed by atoms with Gasteiger partial charge in [-0.05, 0) is 51.4 Å². The lowest BCUT2D eigenvalue weighted by atomic mass is 9.96. The Kier molecular flexibility index (Phi) is 52.0. The van der Waals surface area contributed by atoms with Gasteiger partial charge in [0.15, 0.2) is 18.9 Å². The van der Waals surface area contributed by atoms with Crippen LogP contribution < -0.4 is 5.32 Å². The summed E-state index contributed by atoms with van der Waals surface area (Å²) in [5, 5.41) is 121. The molecule has 0 aliphatic carbocycles. The highest BCUT2D eigenvalue weighted by molar-refractivity contribution is 5.76. The minimum Gasteiger partial charge on any atom is -0.394 e. The number of allylic oxidation sites excluding steroid dienone is 6. The van der Waals surface area contributed by atoms with Crippen LogP contribution in [0.25, 0.3) is 0 Å². The molecular formula is C75H139NO18. The molecule has 17 atom stereocenters. The highest BCUT2D eigenvalue weighted by Crippen LogP contribution is 2.33. The fourth-order valence-corrected chi connectivity index (χ4v) is 13.0. The van der Waals surface area contributed by atoms with Crippen LogP contribution in [0.15, 0.2) is 36.5 Å². The van der Waals surface area contributed by atoms with Crippen molar-refractivity contribution in [2.45, 2.75) is 407 Å². The second-order valence-corrected chi connectivity index (χ2v) is 27.5. The van der Waals surface area contributed by atoms with Crippen molar-refractivity contribution < 1.29 is 89.4 Å². The number of rotatable bonds is 60. The standard InChI is InChI=1S/C75H139NO18/c1-3-5-7-9-11-13-15-17-19-21-23-24-25-26-27-28-29-30-31-32-33-35-36-38-40-42-44-46-48-50-52-59(80)58(76-63(81)53-51-49-47-45-43-41-39-37-34-22-20-18-16-14-12-10-8-6-4-2)57-89-73-69(87)66(84)71(61(55-78)91-73)94-75-70(88)67(85)72(62(56-79)92-75)93-74-68(86)65(83)64(82)60(54-77)90-74/h12,14,18,20,34,37,58-62,64-75,77-80,82-88H,3-11,13,15-17,19,21-33,35-36,38-57H2,1-2H3,(H,76,81)/b14-12-,20-18-,37-34-. The molecule has 3 aliphatic heterocycles. The first kappa shape index (κ1) is 86.2. The Hall–Kier alpha value is -1.99. The van der Waals surface area contributed by atoms with Gasteiger partial charge in [-0.3, -0.25) is 4.79 Å². The zero-order valence-corrected chi connectivity index (χ0v) is 58.7. The molecule has 3 fully saturated rings. The summed E-state index contributed by atoms with van der Waals surface area (Å²) >= 11 is 0. The summed E-state index contributed by atoms with van der Waals surface area (Å²) in [6.07, 6.45) is 40.9. The number of carbonyl (C=O) groups excluding carboxylic acids is 1. The van der Waals surface area contributed by atoms with E-state index in [1.54, 1.807) is 0 Å². The summed E-state index contributed by atoms with van der Waals surface area (Å²) in [5.41, 5.74) is 0. The molecule has 0 aromatic rings. The SMILES string of the molecule is CCCCC/C=C\C/C=C\C/C=C\CCCCCCCCC(=O)NC(COC1OC(CO)C(OC2OC(CO)C(OC3OC(CO)C(O)C(O)C3O)C(O)C2O)C(O)C1O)C(O)CCCCCCCCCCCCCCCCCCCCCCCCCCCCCCCC. The Morgan fingerprint density at radius 3 is 1.12 bits per heavy atom. The summed E-state index contributed by atoms with van der Waals surface area (Å²) in [6, 6.07) is -0.896. The van der Waals surface area contributed by atoms with E-state index < -0.39 is 124 Å². The summed E-state index contributed by atoms with van der Waals surface area (Å²) in [6.45, 7) is 1.80. The van der Waals surface area contributed by atoms with Crippen molar-refractivity contribution in [3.63, 3.8) is 0 Å². The molecule has 17 unspecified atom stereocenters. The Bertz CT molecular complexity index is 1840. The van der Waals surface area contributed by atoms with E-state index in [9.17, 15) is 61.0 Å². The third-order valence-electron chi connectivity index (χ3n) is 19.2. The Morgan fingerprint density at radius 1 is 0.383 bits per heavy atom. The van der Waals surface area contributed by atoms with Crippen molar-refractivity contribution >= 4 is 5.91 Å². The van der Waals surface area contributed by atoms with Gasteiger partial charge in [0.1, 0.15) is 73.2 Å². The minimum absolute atomic E-state index is 0.252. The van der Waals surface area contributed by atoms with Crippen molar-refractivity contribution in [2.24, 2.45) is 0 Å². The van der Waals surface area contributed by atoms with Gasteiger partial charge in [-0.1, -0.05) is 281 Å². The maximum Gasteiger partial charge on any atom is 0.220 e. The van der Waals surface area contributed by atoms with Gasteiger partial charge in [0, 0.05) is 6.42 Å². The van der Waals surface area contributed by atoms with Crippen LogP contribution in [-0.2, 0) is 33.2 Å². The normalized spacial score (nSPS) is 27.5. The maximum absolute atomic E-state index is 13.4. The van der Waals surface area contributed by atoms with E-state index in [2.05, 4.69) is 55.6 Å². The van der Waals surface area contributed by atoms with Crippen LogP contribution in [0.2, 0.25) is 0 Å². The van der Waals surface area contributed by atoms with Crippen LogP contribution >= 0.6 is 0 Å². The maximum atomic E-state index is 13.4. The second kappa shape index (κ2) is 56.7. The van der Waals surface area contributed by atoms with E-state index in [1.165, 1.54) is 186 Å². The quantitative estimate of drug-likeness (QED) is 0.0199. The number of hydrogen-bond donors (Lipinski definition) is 12. The average molecular weight is 1340 g/mol. The number of aliphatic hydroxyl groups is 11. The monoisotopic (exact) mass is 1340 g/mol. The molecular weight excluding hydrogens is 1200 g/mol. The molecule has 0 radical (unpaired) electrons. The van der Waals surface area contributed by atoms with Gasteiger partial charge in [0.05, 0.1) is 38.6 Å². The molecule has 0 aromatic heterocycles. The molecule has 3 heterocycles. The van der Waals surface area contributed by atoms with E-state index in [0.29, 0.717) is 12.8 Å². The molecule has 0 bridgehead atoms. The summed E-state index contributed by atoms with van der Waals surface area (Å²) < 4.78 is 34.5. The predicted molar refractivity (Wildman–Crippen MR) is 369 cm³/mol. The van der Waals surface area contributed by atoms with Gasteiger partial charge in [0.25, 0.3) is 0 Å². The Balaban J connectivity index is 1.38. The number of hydrogen-bond acceptors (Lipinski definition) is 18. The molecule has 552 valence electrons. The zero-order valence-electron chi connectivity index (χ0n) is 58.7. The largest absolute Gasteiger partial charge is 0.394 e. The highest BCUT2D eigenvalue weighted by Gasteiger charge is 2.53. The van der Waals surface area contributed by atoms with Gasteiger partial charge < -0.3 is 89.9 Å². The van der Waals surface area contributed by atoms with Gasteiger partial charge in [-0.2, -0.15) is 0 Å². The van der Waals surface area contributed by atoms with Crippen molar-refractivity contribution in [1.29, 1.82) is 0 Å². The van der Waals surface area contributed by atoms with Crippen molar-refractivity contribution in [1.82, 2.24) is 5.32 Å². The predicted octanol–water partition coefficient (Wildman–Crippen LogP) is 11.6. The highest BCUT2D eigenvalue weighted by atomic mass is 16.8. The Labute approximate surface area is 568 Å². The number of carbonyl (C=O) groups is 1. The van der Waals surface area contributed by atoms with E-state index in [-0.39, 0.29) is 18.9 Å². The molecule has 19 heteroatoms. The number of ether oxygens (including phenoxy) is 6. The molecule has 19 nitrogen and oxygen atoms in total. The molecule has 3 saturated heterocycles. The third-order valence-corrected chi connectivity index (χ3v) is 19.2. The van der Waals surface area contributed by atoms with Crippen LogP contribution in [0, 0.1) is 0 Å². The number of unbranched alkanes of at least 4 members (excludes halogenated alkanes) is 38. The number of nitrogens with one attached hydrogen (secondary N) is 1. The van der Waals surface area contributed by atoms with Crippen LogP contribution in [0.5, 0.6) is 0 Å². The van der Waals surface area contributed by atoms with E-state index in [4.69, 9.17) is 28.4 Å². The molecule has 94 heavy (non-hydrogen) atoms. The van der Waals surface area contributed by atoms with Gasteiger partial charge in [0.2, 0.25) is 5.91 Å². The fourth-order valence-electron chi connectivity index (χ4n) is 13.0. The fraction of sp³-hybridized carbons (Fsp3) is 0.907. The first-order chi connectivity index (χ1) is 45.8. The second-order valence-electron chi connectivity index (χ2n) is 27.5. The van der Waals surface area contributed by atoms with Crippen molar-refractivity contribution in [3.05, 3.63) is 36.5 Å². The molecule has 0 spiro atoms. The minimum atomic E-state index is -1.97. The topological polar surface area (TPSA) is 307 Å². The van der Waals surface area contributed by atoms with Crippen LogP contribution in [-0.4, -0.2) is 193 Å². The first-order valence-corrected chi connectivity index (χ1v) is 38.2. The molecule has 12 N–H and O–H groups in total. The van der Waals surface area contributed by atoms with E-state index in [0.717, 1.165) is 83.5 Å². The lowest BCUT2D eigenvalue weighted by Crippen LogP contribution is -2.66. The number of amides is 1. The summed E-state index contributed by atoms with van der Waals surface area (Å²) in [7, 11) is 0. The zero-order chi connectivity index (χ0) is 68.2. The van der Waals surface area contributed by atoms with Crippen LogP contribution in [0.4, 0.5) is 0 Å². The Morgan fingerprint density at radius 2 is 0.702 bits per heavy atom. The van der Waals surface area contributed by atoms with Gasteiger partial charge >= 0.3 is 0 Å². The average Bonchev–Trinajstić information content (AvgIpc) is 0.787. The summed E-state index contributed by atoms with van der Waals surface area (Å²) in [5.74, 6) is -0.252. The lowest BCUT2D eigenvalue weighted by molar-refractivity contribution is -0.379. The van der Waals surface area contributed by atoms with E-state index >= 15 is 0 Å². The molecule has 3 aliphatic rings. The molecule has 3 rings (SSSR count). The summed E-state index contributed by atoms with van der Waals surface area (Å²) in [4.78, 5) is 13.4. The first-order valence-electron chi connectivity index (χ1n) is 38.2. The smallest absolute Gasteiger partial charge is 0.220 e. The van der Waals surface area contributed by atoms with E-state index in [1.807, 2.05) is 0 Å². The molecule has 1 amide bonds. The van der Waals surface area contributed by atoms with Gasteiger partial charge in [-0.25, -0.2) is 0 Å². The van der Waals surface area contributed by atoms with Gasteiger partial charge in [-0.15, -0.1) is 0 Å². The lowest BCUT2D eigenvalue weighted by Gasteiger charge is -2.48. The molecule has 0 saturated carbocycles. The van der Waals surface area contributed by atoms with Crippen LogP contribution in [0.3, 0.4) is 0 Å². The van der Waals surface area contributed by atoms with Crippen molar-refractivity contribution in [3.8, 4) is 0 Å². The van der Waals surface area contributed by atoms with Crippen LogP contribution in [0.1, 0.15) is 303 Å². The number of aliphatic hydroxyl groups excluding tert-OH is 11. The third kappa shape index (κ3) is 37.4. The van der Waals surface area contributed by atoms with Crippen molar-refractivity contribution in [2.75, 3.05) is 26.4 Å².